The first-order valence-corrected chi connectivity index (χ1v) is 8.27. The number of nitriles is 1. The van der Waals surface area contributed by atoms with Crippen LogP contribution in [0.3, 0.4) is 0 Å². The molecule has 124 valence electrons. The highest BCUT2D eigenvalue weighted by Crippen LogP contribution is 2.17. The summed E-state index contributed by atoms with van der Waals surface area (Å²) in [6.07, 6.45) is 3.14. The molecule has 0 aliphatic carbocycles. The van der Waals surface area contributed by atoms with Gasteiger partial charge < -0.3 is 10.2 Å². The molecule has 0 radical (unpaired) electrons. The van der Waals surface area contributed by atoms with Gasteiger partial charge in [-0.2, -0.15) is 5.26 Å². The Morgan fingerprint density at radius 1 is 1.12 bits per heavy atom. The summed E-state index contributed by atoms with van der Waals surface area (Å²) in [5.74, 6) is 0.565. The van der Waals surface area contributed by atoms with E-state index in [0.717, 1.165) is 32.7 Å². The lowest BCUT2D eigenvalue weighted by Crippen LogP contribution is -2.51. The van der Waals surface area contributed by atoms with Gasteiger partial charge in [-0.25, -0.2) is 9.97 Å². The normalized spacial score (nSPS) is 16.4. The van der Waals surface area contributed by atoms with Crippen LogP contribution in [0, 0.1) is 11.3 Å². The van der Waals surface area contributed by atoms with E-state index < -0.39 is 0 Å². The monoisotopic (exact) mass is 322 g/mol. The number of para-hydroxylation sites is 1. The second kappa shape index (κ2) is 7.75. The van der Waals surface area contributed by atoms with Crippen LogP contribution in [-0.2, 0) is 0 Å². The van der Waals surface area contributed by atoms with Crippen molar-refractivity contribution in [2.75, 3.05) is 42.9 Å². The first kappa shape index (κ1) is 16.2. The Labute approximate surface area is 142 Å². The third-order valence-electron chi connectivity index (χ3n) is 4.43. The maximum atomic E-state index is 9.06. The van der Waals surface area contributed by atoms with Crippen molar-refractivity contribution in [3.63, 3.8) is 0 Å². The molecule has 3 rings (SSSR count). The Balaban J connectivity index is 1.50. The molecule has 2 heterocycles. The minimum atomic E-state index is 0.346. The Bertz CT molecular complexity index is 688. The van der Waals surface area contributed by atoms with Crippen LogP contribution < -0.4 is 10.2 Å². The van der Waals surface area contributed by atoms with E-state index in [4.69, 9.17) is 5.26 Å². The molecule has 1 fully saturated rings. The maximum Gasteiger partial charge on any atom is 0.182 e. The zero-order valence-corrected chi connectivity index (χ0v) is 13.9. The molecule has 1 aliphatic rings. The van der Waals surface area contributed by atoms with E-state index in [1.165, 1.54) is 11.9 Å². The van der Waals surface area contributed by atoms with E-state index >= 15 is 0 Å². The van der Waals surface area contributed by atoms with Crippen molar-refractivity contribution in [2.24, 2.45) is 0 Å². The Kier molecular flexibility index (Phi) is 5.24. The molecule has 1 unspecified atom stereocenters. The minimum absolute atomic E-state index is 0.346. The second-order valence-electron chi connectivity index (χ2n) is 5.95. The van der Waals surface area contributed by atoms with Gasteiger partial charge >= 0.3 is 0 Å². The zero-order chi connectivity index (χ0) is 16.8. The lowest BCUT2D eigenvalue weighted by atomic mass is 10.2. The summed E-state index contributed by atoms with van der Waals surface area (Å²) in [5.41, 5.74) is 1.64. The molecular weight excluding hydrogens is 300 g/mol. The molecule has 0 saturated carbocycles. The lowest BCUT2D eigenvalue weighted by Gasteiger charge is -2.39. The quantitative estimate of drug-likeness (QED) is 0.908. The standard InChI is InChI=1S/C18H22N6/c1-15(14-22-18-17(13-19)20-7-8-21-18)23-9-11-24(12-10-23)16-5-3-2-4-6-16/h2-8,15H,9-12,14H2,1H3,(H,21,22). The molecule has 1 atom stereocenters. The van der Waals surface area contributed by atoms with E-state index in [0.29, 0.717) is 17.6 Å². The van der Waals surface area contributed by atoms with E-state index in [2.05, 4.69) is 68.4 Å². The van der Waals surface area contributed by atoms with Gasteiger partial charge in [0, 0.05) is 56.8 Å². The number of anilines is 2. The van der Waals surface area contributed by atoms with Gasteiger partial charge in [0.1, 0.15) is 6.07 Å². The number of benzene rings is 1. The van der Waals surface area contributed by atoms with Crippen LogP contribution in [0.25, 0.3) is 0 Å². The highest BCUT2D eigenvalue weighted by atomic mass is 15.3. The minimum Gasteiger partial charge on any atom is -0.369 e. The van der Waals surface area contributed by atoms with E-state index in [-0.39, 0.29) is 0 Å². The number of rotatable bonds is 5. The fourth-order valence-corrected chi connectivity index (χ4v) is 2.98. The van der Waals surface area contributed by atoms with Gasteiger partial charge in [0.25, 0.3) is 0 Å². The topological polar surface area (TPSA) is 68.1 Å². The molecule has 24 heavy (non-hydrogen) atoms. The molecule has 1 aromatic heterocycles. The largest absolute Gasteiger partial charge is 0.369 e. The number of aromatic nitrogens is 2. The van der Waals surface area contributed by atoms with E-state index in [1.54, 1.807) is 6.20 Å². The number of hydrogen-bond acceptors (Lipinski definition) is 6. The molecular formula is C18H22N6. The van der Waals surface area contributed by atoms with Crippen molar-refractivity contribution >= 4 is 11.5 Å². The summed E-state index contributed by atoms with van der Waals surface area (Å²) < 4.78 is 0. The van der Waals surface area contributed by atoms with E-state index in [1.807, 2.05) is 0 Å². The van der Waals surface area contributed by atoms with Gasteiger partial charge in [-0.3, -0.25) is 4.90 Å². The van der Waals surface area contributed by atoms with Crippen LogP contribution >= 0.6 is 0 Å². The summed E-state index contributed by atoms with van der Waals surface area (Å²) in [6.45, 7) is 7.07. The molecule has 1 N–H and O–H groups in total. The van der Waals surface area contributed by atoms with Crippen LogP contribution in [0.4, 0.5) is 11.5 Å². The molecule has 6 heteroatoms. The van der Waals surface area contributed by atoms with Crippen molar-refractivity contribution in [3.8, 4) is 6.07 Å². The molecule has 1 saturated heterocycles. The fourth-order valence-electron chi connectivity index (χ4n) is 2.98. The van der Waals surface area contributed by atoms with Crippen molar-refractivity contribution in [1.29, 1.82) is 5.26 Å². The van der Waals surface area contributed by atoms with Crippen LogP contribution in [0.5, 0.6) is 0 Å². The maximum absolute atomic E-state index is 9.06. The molecule has 2 aromatic rings. The van der Waals surface area contributed by atoms with Gasteiger partial charge in [-0.05, 0) is 19.1 Å². The van der Waals surface area contributed by atoms with Gasteiger partial charge in [-0.1, -0.05) is 18.2 Å². The average Bonchev–Trinajstić information content (AvgIpc) is 2.67. The average molecular weight is 322 g/mol. The summed E-state index contributed by atoms with van der Waals surface area (Å²) >= 11 is 0. The predicted octanol–water partition coefficient (Wildman–Crippen LogP) is 1.97. The van der Waals surface area contributed by atoms with Crippen molar-refractivity contribution in [2.45, 2.75) is 13.0 Å². The molecule has 6 nitrogen and oxygen atoms in total. The third kappa shape index (κ3) is 3.81. The van der Waals surface area contributed by atoms with Gasteiger partial charge in [0.2, 0.25) is 0 Å². The SMILES string of the molecule is CC(CNc1nccnc1C#N)N1CCN(c2ccccc2)CC1. The van der Waals surface area contributed by atoms with E-state index in [9.17, 15) is 0 Å². The van der Waals surface area contributed by atoms with Gasteiger partial charge in [0.05, 0.1) is 0 Å². The molecule has 0 amide bonds. The first-order valence-electron chi connectivity index (χ1n) is 8.27. The summed E-state index contributed by atoms with van der Waals surface area (Å²) in [4.78, 5) is 13.1. The summed E-state index contributed by atoms with van der Waals surface area (Å²) in [5, 5.41) is 12.3. The highest BCUT2D eigenvalue weighted by molar-refractivity contribution is 5.47. The fraction of sp³-hybridized carbons (Fsp3) is 0.389. The lowest BCUT2D eigenvalue weighted by molar-refractivity contribution is 0.204. The third-order valence-corrected chi connectivity index (χ3v) is 4.43. The van der Waals surface area contributed by atoms with Crippen LogP contribution in [-0.4, -0.2) is 53.6 Å². The van der Waals surface area contributed by atoms with Crippen molar-refractivity contribution < 1.29 is 0 Å². The number of hydrogen-bond donors (Lipinski definition) is 1. The number of nitrogens with zero attached hydrogens (tertiary/aromatic N) is 5. The molecule has 1 aromatic carbocycles. The Morgan fingerprint density at radius 2 is 1.83 bits per heavy atom. The number of piperazine rings is 1. The molecule has 0 bridgehead atoms. The van der Waals surface area contributed by atoms with Crippen LogP contribution in [0.1, 0.15) is 12.6 Å². The summed E-state index contributed by atoms with van der Waals surface area (Å²) in [7, 11) is 0. The van der Waals surface area contributed by atoms with Crippen LogP contribution in [0.2, 0.25) is 0 Å². The Hall–Kier alpha value is -2.65. The molecule has 0 spiro atoms. The van der Waals surface area contributed by atoms with Crippen LogP contribution in [0.15, 0.2) is 42.7 Å². The second-order valence-corrected chi connectivity index (χ2v) is 5.95. The van der Waals surface area contributed by atoms with Crippen molar-refractivity contribution in [1.82, 2.24) is 14.9 Å². The molecule has 1 aliphatic heterocycles. The van der Waals surface area contributed by atoms with Gasteiger partial charge in [-0.15, -0.1) is 0 Å². The van der Waals surface area contributed by atoms with Gasteiger partial charge in [0.15, 0.2) is 11.5 Å². The smallest absolute Gasteiger partial charge is 0.182 e. The Morgan fingerprint density at radius 3 is 2.54 bits per heavy atom. The van der Waals surface area contributed by atoms with Crippen molar-refractivity contribution in [3.05, 3.63) is 48.4 Å². The predicted molar refractivity (Wildman–Crippen MR) is 94.9 cm³/mol. The highest BCUT2D eigenvalue weighted by Gasteiger charge is 2.21. The zero-order valence-electron chi connectivity index (χ0n) is 13.9. The summed E-state index contributed by atoms with van der Waals surface area (Å²) in [6, 6.07) is 13.0. The first-order chi connectivity index (χ1) is 11.8. The number of nitrogens with one attached hydrogen (secondary N) is 1.